The first kappa shape index (κ1) is 27.9. The predicted octanol–water partition coefficient (Wildman–Crippen LogP) is 3.12. The maximum Gasteiger partial charge on any atom is 0.278 e. The molecular formula is C31H33N9O3. The van der Waals surface area contributed by atoms with E-state index in [-0.39, 0.29) is 12.1 Å². The number of hydrogen-bond acceptors (Lipinski definition) is 10. The van der Waals surface area contributed by atoms with E-state index in [9.17, 15) is 9.59 Å². The summed E-state index contributed by atoms with van der Waals surface area (Å²) in [7, 11) is 3.98. The number of pyridine rings is 1. The highest BCUT2D eigenvalue weighted by molar-refractivity contribution is 5.78. The molecule has 1 saturated heterocycles. The molecule has 0 saturated carbocycles. The number of rotatable bonds is 9. The van der Waals surface area contributed by atoms with Gasteiger partial charge in [0.25, 0.3) is 5.56 Å². The van der Waals surface area contributed by atoms with Gasteiger partial charge in [0.05, 0.1) is 18.3 Å². The average Bonchev–Trinajstić information content (AvgIpc) is 3.29. The van der Waals surface area contributed by atoms with Gasteiger partial charge in [-0.15, -0.1) is 6.58 Å². The van der Waals surface area contributed by atoms with Gasteiger partial charge in [0.15, 0.2) is 11.5 Å². The number of aromatic nitrogens is 5. The van der Waals surface area contributed by atoms with Crippen molar-refractivity contribution in [1.82, 2.24) is 29.2 Å². The predicted molar refractivity (Wildman–Crippen MR) is 168 cm³/mol. The minimum atomic E-state index is -0.243. The van der Waals surface area contributed by atoms with Crippen molar-refractivity contribution in [3.05, 3.63) is 90.0 Å². The van der Waals surface area contributed by atoms with Gasteiger partial charge in [0.1, 0.15) is 29.8 Å². The number of nitrogens with zero attached hydrogens (tertiary/aromatic N) is 8. The smallest absolute Gasteiger partial charge is 0.278 e. The van der Waals surface area contributed by atoms with Crippen molar-refractivity contribution in [3.8, 4) is 11.6 Å². The first-order valence-corrected chi connectivity index (χ1v) is 14.0. The van der Waals surface area contributed by atoms with E-state index >= 15 is 0 Å². The SMILES string of the molecule is C=CCn1c(=O)c2cnc(Nc3ccc4c(c3)N3CCN(C)CC3CO4)nc2n1-c1cccc(N(C)/C=C\C=C/C=O)n1. The van der Waals surface area contributed by atoms with Crippen LogP contribution in [-0.2, 0) is 11.3 Å². The van der Waals surface area contributed by atoms with Gasteiger partial charge in [-0.3, -0.25) is 9.59 Å². The molecule has 12 nitrogen and oxygen atoms in total. The Morgan fingerprint density at radius 3 is 2.88 bits per heavy atom. The van der Waals surface area contributed by atoms with Crippen LogP contribution in [0.4, 0.5) is 23.1 Å². The summed E-state index contributed by atoms with van der Waals surface area (Å²) in [5, 5.41) is 3.69. The van der Waals surface area contributed by atoms with Crippen LogP contribution in [0.15, 0.2) is 84.5 Å². The van der Waals surface area contributed by atoms with Gasteiger partial charge in [-0.05, 0) is 49.5 Å². The zero-order chi connectivity index (χ0) is 29.9. The Hall–Kier alpha value is -5.23. The van der Waals surface area contributed by atoms with Gasteiger partial charge in [-0.2, -0.15) is 4.98 Å². The fourth-order valence-electron chi connectivity index (χ4n) is 5.43. The van der Waals surface area contributed by atoms with Crippen molar-refractivity contribution in [2.45, 2.75) is 12.6 Å². The van der Waals surface area contributed by atoms with E-state index in [1.54, 1.807) is 35.3 Å². The molecule has 0 radical (unpaired) electrons. The molecule has 1 N–H and O–H groups in total. The largest absolute Gasteiger partial charge is 0.489 e. The van der Waals surface area contributed by atoms with Crippen LogP contribution in [0, 0.1) is 0 Å². The molecule has 1 fully saturated rings. The van der Waals surface area contributed by atoms with E-state index in [2.05, 4.69) is 39.8 Å². The lowest BCUT2D eigenvalue weighted by Crippen LogP contribution is -2.56. The molecule has 6 rings (SSSR count). The van der Waals surface area contributed by atoms with Gasteiger partial charge in [0.2, 0.25) is 5.95 Å². The minimum Gasteiger partial charge on any atom is -0.489 e. The molecule has 1 atom stereocenters. The molecule has 0 aliphatic carbocycles. The molecule has 0 bridgehead atoms. The molecule has 220 valence electrons. The van der Waals surface area contributed by atoms with Gasteiger partial charge in [0, 0.05) is 44.8 Å². The van der Waals surface area contributed by atoms with Gasteiger partial charge in [-0.25, -0.2) is 19.3 Å². The standard InChI is InChI=1S/C31H33N9O3/c1-4-13-39-30(42)24-19-32-31(33-22-11-12-26-25(18-22)38-16-15-36(2)20-23(38)21-43-26)35-29(24)40(39)28-10-8-9-27(34-28)37(3)14-6-5-7-17-41/h4-12,14,17-19,23H,1,13,15-16,20-21H2,2-3H3,(H,32,33,35)/b7-5-,14-6-. The van der Waals surface area contributed by atoms with Crippen molar-refractivity contribution in [3.63, 3.8) is 0 Å². The second-order valence-corrected chi connectivity index (χ2v) is 10.5. The van der Waals surface area contributed by atoms with Crippen molar-refractivity contribution >= 4 is 40.5 Å². The monoisotopic (exact) mass is 579 g/mol. The lowest BCUT2D eigenvalue weighted by Gasteiger charge is -2.44. The van der Waals surface area contributed by atoms with Gasteiger partial charge < -0.3 is 24.8 Å². The van der Waals surface area contributed by atoms with Crippen LogP contribution in [-0.4, -0.2) is 81.9 Å². The summed E-state index contributed by atoms with van der Waals surface area (Å²) in [5.74, 6) is 2.36. The molecule has 1 aromatic carbocycles. The zero-order valence-corrected chi connectivity index (χ0v) is 24.1. The van der Waals surface area contributed by atoms with Crippen molar-refractivity contribution in [2.24, 2.45) is 0 Å². The third-order valence-corrected chi connectivity index (χ3v) is 7.53. The zero-order valence-electron chi connectivity index (χ0n) is 24.1. The maximum atomic E-state index is 13.4. The summed E-state index contributed by atoms with van der Waals surface area (Å²) in [6.07, 6.45) is 10.5. The first-order valence-electron chi connectivity index (χ1n) is 14.0. The van der Waals surface area contributed by atoms with Crippen molar-refractivity contribution < 1.29 is 9.53 Å². The molecule has 1 unspecified atom stereocenters. The second-order valence-electron chi connectivity index (χ2n) is 10.5. The maximum absolute atomic E-state index is 13.4. The number of likely N-dealkylation sites (N-methyl/N-ethyl adjacent to an activating group) is 1. The Morgan fingerprint density at radius 2 is 2.05 bits per heavy atom. The van der Waals surface area contributed by atoms with E-state index in [0.717, 1.165) is 36.8 Å². The summed E-state index contributed by atoms with van der Waals surface area (Å²) in [4.78, 5) is 44.6. The number of fused-ring (bicyclic) bond motifs is 4. The number of hydrogen-bond donors (Lipinski definition) is 1. The molecule has 43 heavy (non-hydrogen) atoms. The Labute approximate surface area is 248 Å². The van der Waals surface area contributed by atoms with E-state index in [1.807, 2.05) is 42.3 Å². The number of anilines is 4. The van der Waals surface area contributed by atoms with Crippen LogP contribution in [0.25, 0.3) is 16.9 Å². The highest BCUT2D eigenvalue weighted by Crippen LogP contribution is 2.37. The highest BCUT2D eigenvalue weighted by atomic mass is 16.5. The quantitative estimate of drug-likeness (QED) is 0.137. The third kappa shape index (κ3) is 5.52. The Balaban J connectivity index is 1.36. The lowest BCUT2D eigenvalue weighted by molar-refractivity contribution is -0.104. The summed E-state index contributed by atoms with van der Waals surface area (Å²) >= 11 is 0. The second kappa shape index (κ2) is 11.9. The molecule has 4 aromatic rings. The number of allylic oxidation sites excluding steroid dienone is 4. The first-order chi connectivity index (χ1) is 21.0. The molecule has 12 heteroatoms. The highest BCUT2D eigenvalue weighted by Gasteiger charge is 2.32. The number of carbonyl (C=O) groups excluding carboxylic acids is 1. The molecular weight excluding hydrogens is 546 g/mol. The summed E-state index contributed by atoms with van der Waals surface area (Å²) < 4.78 is 9.28. The fourth-order valence-corrected chi connectivity index (χ4v) is 5.43. The molecule has 0 amide bonds. The molecule has 2 aliphatic heterocycles. The number of piperazine rings is 1. The van der Waals surface area contributed by atoms with Crippen LogP contribution in [0.5, 0.6) is 5.75 Å². The summed E-state index contributed by atoms with van der Waals surface area (Å²) in [6, 6.07) is 11.8. The van der Waals surface area contributed by atoms with Crippen LogP contribution in [0.2, 0.25) is 0 Å². The van der Waals surface area contributed by atoms with E-state index in [0.29, 0.717) is 47.6 Å². The van der Waals surface area contributed by atoms with Crippen LogP contribution < -0.4 is 25.4 Å². The number of carbonyl (C=O) groups is 1. The number of benzene rings is 1. The Morgan fingerprint density at radius 1 is 1.16 bits per heavy atom. The van der Waals surface area contributed by atoms with Crippen molar-refractivity contribution in [2.75, 3.05) is 55.5 Å². The molecule has 3 aromatic heterocycles. The number of ether oxygens (including phenoxy) is 1. The lowest BCUT2D eigenvalue weighted by atomic mass is 10.1. The van der Waals surface area contributed by atoms with Gasteiger partial charge >= 0.3 is 0 Å². The summed E-state index contributed by atoms with van der Waals surface area (Å²) in [6.45, 7) is 7.63. The molecule has 0 spiro atoms. The van der Waals surface area contributed by atoms with Crippen LogP contribution in [0.3, 0.4) is 0 Å². The fraction of sp³-hybridized carbons (Fsp3) is 0.258. The van der Waals surface area contributed by atoms with Crippen molar-refractivity contribution in [1.29, 1.82) is 0 Å². The van der Waals surface area contributed by atoms with Gasteiger partial charge in [-0.1, -0.05) is 18.2 Å². The van der Waals surface area contributed by atoms with E-state index < -0.39 is 0 Å². The van der Waals surface area contributed by atoms with E-state index in [4.69, 9.17) is 14.7 Å². The minimum absolute atomic E-state index is 0.243. The van der Waals surface area contributed by atoms with E-state index in [1.165, 1.54) is 10.8 Å². The molecule has 5 heterocycles. The number of aldehydes is 1. The van der Waals surface area contributed by atoms with Crippen LogP contribution >= 0.6 is 0 Å². The topological polar surface area (TPSA) is 114 Å². The average molecular weight is 580 g/mol. The molecule has 2 aliphatic rings. The number of nitrogens with one attached hydrogen (secondary N) is 1. The Bertz CT molecular complexity index is 1790. The summed E-state index contributed by atoms with van der Waals surface area (Å²) in [5.41, 5.74) is 2.04. The Kier molecular flexibility index (Phi) is 7.75. The third-order valence-electron chi connectivity index (χ3n) is 7.53. The normalized spacial score (nSPS) is 16.7. The van der Waals surface area contributed by atoms with Crippen LogP contribution in [0.1, 0.15) is 0 Å².